The van der Waals surface area contributed by atoms with E-state index in [9.17, 15) is 0 Å². The molecule has 0 aliphatic carbocycles. The Hall–Kier alpha value is -0.120. The van der Waals surface area contributed by atoms with Crippen molar-refractivity contribution >= 4 is 0 Å². The van der Waals surface area contributed by atoms with Gasteiger partial charge in [-0.2, -0.15) is 0 Å². The van der Waals surface area contributed by atoms with Crippen molar-refractivity contribution in [3.8, 4) is 0 Å². The minimum absolute atomic E-state index is 0.275. The van der Waals surface area contributed by atoms with Crippen molar-refractivity contribution in [1.82, 2.24) is 4.90 Å². The summed E-state index contributed by atoms with van der Waals surface area (Å²) in [5.41, 5.74) is 5.69. The largest absolute Gasteiger partial charge is 0.381 e. The molecule has 1 aliphatic rings. The van der Waals surface area contributed by atoms with E-state index in [1.807, 2.05) is 6.92 Å². The average Bonchev–Trinajstić information content (AvgIpc) is 2.37. The fourth-order valence-corrected chi connectivity index (χ4v) is 1.73. The molecule has 1 aliphatic heterocycles. The van der Waals surface area contributed by atoms with E-state index in [1.54, 1.807) is 0 Å². The van der Waals surface area contributed by atoms with E-state index in [0.29, 0.717) is 0 Å². The molecule has 0 aromatic carbocycles. The Balaban J connectivity index is 2.11. The van der Waals surface area contributed by atoms with Crippen molar-refractivity contribution < 1.29 is 4.74 Å². The van der Waals surface area contributed by atoms with E-state index < -0.39 is 0 Å². The standard InChI is InChI=1S/C9H20N2O/c1-8(10)5-11(2)6-9-3-4-12-7-9/h8-9H,3-7,10H2,1-2H3. The lowest BCUT2D eigenvalue weighted by atomic mass is 10.1. The molecule has 1 fully saturated rings. The number of nitrogens with zero attached hydrogens (tertiary/aromatic N) is 1. The van der Waals surface area contributed by atoms with Gasteiger partial charge in [0.05, 0.1) is 6.61 Å². The van der Waals surface area contributed by atoms with Gasteiger partial charge in [-0.3, -0.25) is 0 Å². The number of nitrogens with two attached hydrogens (primary N) is 1. The second-order valence-corrected chi connectivity index (χ2v) is 3.93. The van der Waals surface area contributed by atoms with Crippen molar-refractivity contribution in [3.63, 3.8) is 0 Å². The average molecular weight is 172 g/mol. The summed E-state index contributed by atoms with van der Waals surface area (Å²) in [6, 6.07) is 0.275. The predicted molar refractivity (Wildman–Crippen MR) is 50.1 cm³/mol. The third-order valence-electron chi connectivity index (χ3n) is 2.19. The third-order valence-corrected chi connectivity index (χ3v) is 2.19. The second kappa shape index (κ2) is 4.80. The minimum Gasteiger partial charge on any atom is -0.381 e. The van der Waals surface area contributed by atoms with Gasteiger partial charge in [0, 0.05) is 25.7 Å². The van der Waals surface area contributed by atoms with E-state index in [0.717, 1.165) is 32.2 Å². The van der Waals surface area contributed by atoms with Crippen molar-refractivity contribution in [2.45, 2.75) is 19.4 Å². The van der Waals surface area contributed by atoms with Crippen LogP contribution in [-0.2, 0) is 4.74 Å². The van der Waals surface area contributed by atoms with Crippen LogP contribution < -0.4 is 5.73 Å². The van der Waals surface area contributed by atoms with E-state index in [1.165, 1.54) is 6.42 Å². The zero-order valence-electron chi connectivity index (χ0n) is 8.12. The van der Waals surface area contributed by atoms with Gasteiger partial charge in [0.2, 0.25) is 0 Å². The molecule has 0 aromatic rings. The molecular formula is C9H20N2O. The molecule has 3 nitrogen and oxygen atoms in total. The Kier molecular flexibility index (Phi) is 3.98. The molecule has 0 radical (unpaired) electrons. The number of hydrogen-bond donors (Lipinski definition) is 1. The molecule has 2 atom stereocenters. The molecule has 2 N–H and O–H groups in total. The second-order valence-electron chi connectivity index (χ2n) is 3.93. The number of rotatable bonds is 4. The fourth-order valence-electron chi connectivity index (χ4n) is 1.73. The highest BCUT2D eigenvalue weighted by atomic mass is 16.5. The Morgan fingerprint density at radius 3 is 2.92 bits per heavy atom. The Bertz CT molecular complexity index is 122. The zero-order chi connectivity index (χ0) is 8.97. The van der Waals surface area contributed by atoms with Crippen LogP contribution in [0.5, 0.6) is 0 Å². The SMILES string of the molecule is CC(N)CN(C)CC1CCOC1. The summed E-state index contributed by atoms with van der Waals surface area (Å²) in [6.45, 7) is 6.03. The van der Waals surface area contributed by atoms with Gasteiger partial charge < -0.3 is 15.4 Å². The van der Waals surface area contributed by atoms with Gasteiger partial charge in [0.15, 0.2) is 0 Å². The monoisotopic (exact) mass is 172 g/mol. The highest BCUT2D eigenvalue weighted by molar-refractivity contribution is 4.69. The van der Waals surface area contributed by atoms with Crippen LogP contribution >= 0.6 is 0 Å². The molecule has 0 aromatic heterocycles. The van der Waals surface area contributed by atoms with Crippen LogP contribution in [0.4, 0.5) is 0 Å². The summed E-state index contributed by atoms with van der Waals surface area (Å²) in [6.07, 6.45) is 1.21. The van der Waals surface area contributed by atoms with Crippen LogP contribution in [0, 0.1) is 5.92 Å². The Labute approximate surface area is 74.9 Å². The van der Waals surface area contributed by atoms with Crippen molar-refractivity contribution in [3.05, 3.63) is 0 Å². The summed E-state index contributed by atoms with van der Waals surface area (Å²) in [7, 11) is 2.13. The maximum Gasteiger partial charge on any atom is 0.0507 e. The first kappa shape index (κ1) is 9.96. The maximum atomic E-state index is 5.69. The molecule has 0 spiro atoms. The highest BCUT2D eigenvalue weighted by Crippen LogP contribution is 2.12. The Morgan fingerprint density at radius 2 is 2.42 bits per heavy atom. The molecule has 0 bridgehead atoms. The van der Waals surface area contributed by atoms with Crippen LogP contribution in [0.3, 0.4) is 0 Å². The van der Waals surface area contributed by atoms with Crippen molar-refractivity contribution in [2.24, 2.45) is 11.7 Å². The fraction of sp³-hybridized carbons (Fsp3) is 1.00. The molecule has 12 heavy (non-hydrogen) atoms. The van der Waals surface area contributed by atoms with Crippen molar-refractivity contribution in [1.29, 1.82) is 0 Å². The molecular weight excluding hydrogens is 152 g/mol. The van der Waals surface area contributed by atoms with Crippen LogP contribution in [0.15, 0.2) is 0 Å². The summed E-state index contributed by atoms with van der Waals surface area (Å²) in [4.78, 5) is 2.30. The third kappa shape index (κ3) is 3.52. The smallest absolute Gasteiger partial charge is 0.0507 e. The van der Waals surface area contributed by atoms with Gasteiger partial charge in [-0.15, -0.1) is 0 Å². The van der Waals surface area contributed by atoms with Crippen molar-refractivity contribution in [2.75, 3.05) is 33.4 Å². The lowest BCUT2D eigenvalue weighted by Gasteiger charge is -2.21. The van der Waals surface area contributed by atoms with Gasteiger partial charge in [-0.05, 0) is 26.3 Å². The summed E-state index contributed by atoms with van der Waals surface area (Å²) in [5, 5.41) is 0. The van der Waals surface area contributed by atoms with Crippen LogP contribution in [0.1, 0.15) is 13.3 Å². The minimum atomic E-state index is 0.275. The normalized spacial score (nSPS) is 26.5. The van der Waals surface area contributed by atoms with Gasteiger partial charge in [0.25, 0.3) is 0 Å². The molecule has 1 heterocycles. The highest BCUT2D eigenvalue weighted by Gasteiger charge is 2.17. The predicted octanol–water partition coefficient (Wildman–Crippen LogP) is 0.302. The van der Waals surface area contributed by atoms with E-state index >= 15 is 0 Å². The van der Waals surface area contributed by atoms with Gasteiger partial charge >= 0.3 is 0 Å². The lowest BCUT2D eigenvalue weighted by molar-refractivity contribution is 0.173. The van der Waals surface area contributed by atoms with Gasteiger partial charge in [-0.25, -0.2) is 0 Å². The molecule has 72 valence electrons. The molecule has 1 rings (SSSR count). The van der Waals surface area contributed by atoms with Gasteiger partial charge in [-0.1, -0.05) is 0 Å². The zero-order valence-corrected chi connectivity index (χ0v) is 8.12. The van der Waals surface area contributed by atoms with Gasteiger partial charge in [0.1, 0.15) is 0 Å². The molecule has 0 saturated carbocycles. The number of ether oxygens (including phenoxy) is 1. The number of likely N-dealkylation sites (N-methyl/N-ethyl adjacent to an activating group) is 1. The van der Waals surface area contributed by atoms with E-state index in [-0.39, 0.29) is 6.04 Å². The quantitative estimate of drug-likeness (QED) is 0.663. The lowest BCUT2D eigenvalue weighted by Crippen LogP contribution is -2.35. The summed E-state index contributed by atoms with van der Waals surface area (Å²) >= 11 is 0. The van der Waals surface area contributed by atoms with Crippen LogP contribution in [0.2, 0.25) is 0 Å². The first-order valence-electron chi connectivity index (χ1n) is 4.70. The van der Waals surface area contributed by atoms with Crippen LogP contribution in [-0.4, -0.2) is 44.3 Å². The van der Waals surface area contributed by atoms with E-state index in [4.69, 9.17) is 10.5 Å². The van der Waals surface area contributed by atoms with E-state index in [2.05, 4.69) is 11.9 Å². The topological polar surface area (TPSA) is 38.5 Å². The molecule has 0 amide bonds. The van der Waals surface area contributed by atoms with Crippen LogP contribution in [0.25, 0.3) is 0 Å². The first-order chi connectivity index (χ1) is 5.68. The molecule has 3 heteroatoms. The maximum absolute atomic E-state index is 5.69. The summed E-state index contributed by atoms with van der Waals surface area (Å²) in [5.74, 6) is 0.730. The Morgan fingerprint density at radius 1 is 1.67 bits per heavy atom. The molecule has 2 unspecified atom stereocenters. The number of hydrogen-bond acceptors (Lipinski definition) is 3. The molecule has 1 saturated heterocycles. The first-order valence-corrected chi connectivity index (χ1v) is 4.70. The summed E-state index contributed by atoms with van der Waals surface area (Å²) < 4.78 is 5.31.